The van der Waals surface area contributed by atoms with Gasteiger partial charge in [-0.3, -0.25) is 9.89 Å². The molecule has 0 atom stereocenters. The molecule has 1 aliphatic carbocycles. The lowest BCUT2D eigenvalue weighted by atomic mass is 10.3. The molecule has 15 heavy (non-hydrogen) atoms. The standard InChI is InChI=1S/C11H16N4/c1-2-3-8-14-11(6-7-12)15(9-13)10-4-5-10/h10H,2-6,8H2,1H3. The van der Waals surface area contributed by atoms with Gasteiger partial charge in [0.2, 0.25) is 0 Å². The maximum Gasteiger partial charge on any atom is 0.185 e. The van der Waals surface area contributed by atoms with Gasteiger partial charge in [-0.2, -0.15) is 10.5 Å². The first kappa shape index (κ1) is 11.5. The average Bonchev–Trinajstić information content (AvgIpc) is 3.03. The van der Waals surface area contributed by atoms with Gasteiger partial charge in [-0.15, -0.1) is 0 Å². The van der Waals surface area contributed by atoms with E-state index in [1.807, 2.05) is 0 Å². The molecule has 0 N–H and O–H groups in total. The van der Waals surface area contributed by atoms with Crippen LogP contribution in [0.25, 0.3) is 0 Å². The van der Waals surface area contributed by atoms with Crippen molar-refractivity contribution in [3.8, 4) is 12.3 Å². The van der Waals surface area contributed by atoms with E-state index in [0.717, 1.165) is 32.2 Å². The highest BCUT2D eigenvalue weighted by Crippen LogP contribution is 2.27. The molecule has 0 bridgehead atoms. The van der Waals surface area contributed by atoms with Gasteiger partial charge in [-0.25, -0.2) is 0 Å². The van der Waals surface area contributed by atoms with Gasteiger partial charge < -0.3 is 0 Å². The Bertz CT molecular complexity index is 304. The Morgan fingerprint density at radius 1 is 1.47 bits per heavy atom. The minimum absolute atomic E-state index is 0.244. The first-order valence-electron chi connectivity index (χ1n) is 5.42. The molecule has 0 spiro atoms. The molecule has 0 aromatic heterocycles. The number of nitriles is 2. The van der Waals surface area contributed by atoms with E-state index in [4.69, 9.17) is 10.5 Å². The summed E-state index contributed by atoms with van der Waals surface area (Å²) in [6.45, 7) is 2.82. The fourth-order valence-electron chi connectivity index (χ4n) is 1.34. The summed E-state index contributed by atoms with van der Waals surface area (Å²) in [5.41, 5.74) is 0. The van der Waals surface area contributed by atoms with Crippen molar-refractivity contribution in [2.45, 2.75) is 45.1 Å². The van der Waals surface area contributed by atoms with Crippen molar-refractivity contribution in [1.82, 2.24) is 4.90 Å². The maximum absolute atomic E-state index is 8.98. The Morgan fingerprint density at radius 3 is 2.67 bits per heavy atom. The molecule has 1 saturated carbocycles. The number of rotatable bonds is 5. The maximum atomic E-state index is 8.98. The molecule has 1 rings (SSSR count). The van der Waals surface area contributed by atoms with Crippen molar-refractivity contribution in [2.24, 2.45) is 4.99 Å². The minimum atomic E-state index is 0.244. The number of amidine groups is 1. The topological polar surface area (TPSA) is 63.2 Å². The van der Waals surface area contributed by atoms with Crippen molar-refractivity contribution < 1.29 is 0 Å². The van der Waals surface area contributed by atoms with E-state index in [2.05, 4.69) is 24.2 Å². The summed E-state index contributed by atoms with van der Waals surface area (Å²) < 4.78 is 0. The predicted molar refractivity (Wildman–Crippen MR) is 57.9 cm³/mol. The lowest BCUT2D eigenvalue weighted by Gasteiger charge is -2.14. The molecule has 1 aliphatic rings. The smallest absolute Gasteiger partial charge is 0.185 e. The molecule has 0 saturated heterocycles. The van der Waals surface area contributed by atoms with E-state index in [0.29, 0.717) is 11.9 Å². The minimum Gasteiger partial charge on any atom is -0.271 e. The highest BCUT2D eigenvalue weighted by Gasteiger charge is 2.31. The van der Waals surface area contributed by atoms with Crippen LogP contribution in [-0.2, 0) is 0 Å². The van der Waals surface area contributed by atoms with Crippen molar-refractivity contribution in [2.75, 3.05) is 6.54 Å². The van der Waals surface area contributed by atoms with Crippen LogP contribution in [0.5, 0.6) is 0 Å². The van der Waals surface area contributed by atoms with Gasteiger partial charge in [-0.05, 0) is 19.3 Å². The van der Waals surface area contributed by atoms with Crippen molar-refractivity contribution in [3.63, 3.8) is 0 Å². The third-order valence-corrected chi connectivity index (χ3v) is 2.34. The van der Waals surface area contributed by atoms with Crippen LogP contribution < -0.4 is 0 Å². The van der Waals surface area contributed by atoms with Crippen LogP contribution in [-0.4, -0.2) is 23.3 Å². The van der Waals surface area contributed by atoms with Crippen LogP contribution in [0.2, 0.25) is 0 Å². The zero-order chi connectivity index (χ0) is 11.1. The van der Waals surface area contributed by atoms with Crippen LogP contribution in [0.4, 0.5) is 0 Å². The zero-order valence-corrected chi connectivity index (χ0v) is 9.11. The van der Waals surface area contributed by atoms with Gasteiger partial charge in [-0.1, -0.05) is 13.3 Å². The number of hydrogen-bond donors (Lipinski definition) is 0. The third-order valence-electron chi connectivity index (χ3n) is 2.34. The van der Waals surface area contributed by atoms with Gasteiger partial charge >= 0.3 is 0 Å². The Labute approximate surface area is 90.8 Å². The molecule has 0 unspecified atom stereocenters. The quantitative estimate of drug-likeness (QED) is 0.226. The van der Waals surface area contributed by atoms with E-state index in [1.54, 1.807) is 4.90 Å². The number of nitrogens with zero attached hydrogens (tertiary/aromatic N) is 4. The fraction of sp³-hybridized carbons (Fsp3) is 0.727. The number of unbranched alkanes of at least 4 members (excludes halogenated alkanes) is 1. The summed E-state index contributed by atoms with van der Waals surface area (Å²) in [5.74, 6) is 0.649. The monoisotopic (exact) mass is 204 g/mol. The highest BCUT2D eigenvalue weighted by molar-refractivity contribution is 5.86. The summed E-state index contributed by atoms with van der Waals surface area (Å²) in [7, 11) is 0. The van der Waals surface area contributed by atoms with Crippen LogP contribution in [0.15, 0.2) is 4.99 Å². The molecular formula is C11H16N4. The molecule has 0 heterocycles. The van der Waals surface area contributed by atoms with Gasteiger partial charge in [0, 0.05) is 12.6 Å². The fourth-order valence-corrected chi connectivity index (χ4v) is 1.34. The normalized spacial score (nSPS) is 15.5. The first-order valence-corrected chi connectivity index (χ1v) is 5.42. The summed E-state index contributed by atoms with van der Waals surface area (Å²) in [6.07, 6.45) is 6.56. The molecule has 0 aliphatic heterocycles. The second-order valence-corrected chi connectivity index (χ2v) is 3.69. The van der Waals surface area contributed by atoms with E-state index >= 15 is 0 Å². The van der Waals surface area contributed by atoms with Crippen molar-refractivity contribution in [3.05, 3.63) is 0 Å². The van der Waals surface area contributed by atoms with Crippen LogP contribution in [0.3, 0.4) is 0 Å². The van der Waals surface area contributed by atoms with Gasteiger partial charge in [0.25, 0.3) is 0 Å². The second-order valence-electron chi connectivity index (χ2n) is 3.69. The van der Waals surface area contributed by atoms with Crippen molar-refractivity contribution >= 4 is 5.84 Å². The Hall–Kier alpha value is -1.55. The molecule has 4 nitrogen and oxygen atoms in total. The third kappa shape index (κ3) is 3.59. The molecule has 0 amide bonds. The summed E-state index contributed by atoms with van der Waals surface area (Å²) in [4.78, 5) is 5.94. The van der Waals surface area contributed by atoms with E-state index < -0.39 is 0 Å². The van der Waals surface area contributed by atoms with Gasteiger partial charge in [0.05, 0.1) is 12.5 Å². The molecule has 0 radical (unpaired) electrons. The summed E-state index contributed by atoms with van der Waals surface area (Å²) >= 11 is 0. The Morgan fingerprint density at radius 2 is 2.20 bits per heavy atom. The van der Waals surface area contributed by atoms with Crippen LogP contribution >= 0.6 is 0 Å². The first-order chi connectivity index (χ1) is 7.33. The number of aliphatic imine (C=N–C) groups is 1. The molecule has 0 aromatic carbocycles. The van der Waals surface area contributed by atoms with Crippen molar-refractivity contribution in [1.29, 1.82) is 10.5 Å². The SMILES string of the molecule is CCCCN=C(CC#N)N(C#N)C1CC1. The molecule has 0 aromatic rings. The van der Waals surface area contributed by atoms with Crippen LogP contribution in [0, 0.1) is 22.8 Å². The molecular weight excluding hydrogens is 188 g/mol. The Balaban J connectivity index is 2.59. The van der Waals surface area contributed by atoms with Gasteiger partial charge in [0.1, 0.15) is 5.84 Å². The molecule has 4 heteroatoms. The summed E-state index contributed by atoms with van der Waals surface area (Å²) in [5, 5.41) is 17.6. The Kier molecular flexibility index (Phi) is 4.63. The lowest BCUT2D eigenvalue weighted by Crippen LogP contribution is -2.28. The van der Waals surface area contributed by atoms with Crippen LogP contribution in [0.1, 0.15) is 39.0 Å². The number of hydrogen-bond acceptors (Lipinski definition) is 3. The predicted octanol–water partition coefficient (Wildman–Crippen LogP) is 2.04. The zero-order valence-electron chi connectivity index (χ0n) is 9.11. The summed E-state index contributed by atoms with van der Waals surface area (Å²) in [6, 6.07) is 2.38. The molecule has 80 valence electrons. The van der Waals surface area contributed by atoms with E-state index in [1.165, 1.54) is 0 Å². The molecule has 1 fully saturated rings. The highest BCUT2D eigenvalue weighted by atomic mass is 15.2. The second kappa shape index (κ2) is 6.03. The van der Waals surface area contributed by atoms with E-state index in [-0.39, 0.29) is 6.42 Å². The lowest BCUT2D eigenvalue weighted by molar-refractivity contribution is 0.553. The largest absolute Gasteiger partial charge is 0.271 e. The van der Waals surface area contributed by atoms with Gasteiger partial charge in [0.15, 0.2) is 6.19 Å². The average molecular weight is 204 g/mol. The van der Waals surface area contributed by atoms with E-state index in [9.17, 15) is 0 Å².